The first-order chi connectivity index (χ1) is 14.9. The van der Waals surface area contributed by atoms with Crippen molar-refractivity contribution in [2.75, 3.05) is 5.32 Å². The Kier molecular flexibility index (Phi) is 4.53. The fourth-order valence-corrected chi connectivity index (χ4v) is 4.15. The standard InChI is InChI=1S/C22H19F2N5O2/c23-13-9-14-18(15(24)10-13)27-20(30)16(11-22(14)6-7-22)25-21(31)19-26-17(28-29-19)8-12-4-2-1-3-5-12/h1-5,9-10,16H,6-8,11H2,(H,25,31)(H,27,30)(H,26,28,29)/t16-/m0/s1. The number of hydrogen-bond donors (Lipinski definition) is 3. The molecule has 1 fully saturated rings. The van der Waals surface area contributed by atoms with Crippen molar-refractivity contribution in [2.45, 2.75) is 37.1 Å². The molecule has 3 N–H and O–H groups in total. The lowest BCUT2D eigenvalue weighted by atomic mass is 9.89. The average Bonchev–Trinajstić information content (AvgIpc) is 3.40. The molecule has 2 heterocycles. The summed E-state index contributed by atoms with van der Waals surface area (Å²) in [6, 6.07) is 10.7. The number of aromatic amines is 1. The lowest BCUT2D eigenvalue weighted by molar-refractivity contribution is -0.118. The third-order valence-electron chi connectivity index (χ3n) is 5.89. The summed E-state index contributed by atoms with van der Waals surface area (Å²) in [7, 11) is 0. The monoisotopic (exact) mass is 423 g/mol. The van der Waals surface area contributed by atoms with E-state index < -0.39 is 34.9 Å². The van der Waals surface area contributed by atoms with Crippen molar-refractivity contribution in [1.82, 2.24) is 20.5 Å². The molecule has 1 atom stereocenters. The van der Waals surface area contributed by atoms with Crippen LogP contribution < -0.4 is 10.6 Å². The highest BCUT2D eigenvalue weighted by Gasteiger charge is 2.51. The smallest absolute Gasteiger partial charge is 0.291 e. The summed E-state index contributed by atoms with van der Waals surface area (Å²) in [5.74, 6) is -2.23. The highest BCUT2D eigenvalue weighted by molar-refractivity contribution is 6.01. The van der Waals surface area contributed by atoms with Crippen LogP contribution in [0, 0.1) is 11.6 Å². The fraction of sp³-hybridized carbons (Fsp3) is 0.273. The summed E-state index contributed by atoms with van der Waals surface area (Å²) < 4.78 is 28.1. The Morgan fingerprint density at radius 2 is 1.97 bits per heavy atom. The van der Waals surface area contributed by atoms with Crippen LogP contribution in [0.5, 0.6) is 0 Å². The Morgan fingerprint density at radius 1 is 1.19 bits per heavy atom. The van der Waals surface area contributed by atoms with Gasteiger partial charge in [0.1, 0.15) is 23.5 Å². The number of hydrogen-bond acceptors (Lipinski definition) is 4. The van der Waals surface area contributed by atoms with E-state index in [0.29, 0.717) is 30.7 Å². The first-order valence-electron chi connectivity index (χ1n) is 10.00. The number of H-pyrrole nitrogens is 1. The van der Waals surface area contributed by atoms with Crippen molar-refractivity contribution in [1.29, 1.82) is 0 Å². The van der Waals surface area contributed by atoms with Crippen LogP contribution in [0.15, 0.2) is 42.5 Å². The number of benzene rings is 2. The number of anilines is 1. The van der Waals surface area contributed by atoms with Crippen LogP contribution in [0.25, 0.3) is 0 Å². The Balaban J connectivity index is 1.33. The normalized spacial score (nSPS) is 18.8. The zero-order chi connectivity index (χ0) is 21.6. The molecule has 0 bridgehead atoms. The number of nitrogens with one attached hydrogen (secondary N) is 3. The molecular weight excluding hydrogens is 404 g/mol. The molecule has 2 aliphatic rings. The molecule has 5 rings (SSSR count). The van der Waals surface area contributed by atoms with Gasteiger partial charge < -0.3 is 10.6 Å². The van der Waals surface area contributed by atoms with Crippen molar-refractivity contribution < 1.29 is 18.4 Å². The summed E-state index contributed by atoms with van der Waals surface area (Å²) in [6.07, 6.45) is 2.11. The fourth-order valence-electron chi connectivity index (χ4n) is 4.15. The van der Waals surface area contributed by atoms with Gasteiger partial charge in [-0.25, -0.2) is 13.8 Å². The average molecular weight is 423 g/mol. The maximum atomic E-state index is 14.3. The van der Waals surface area contributed by atoms with E-state index in [9.17, 15) is 18.4 Å². The van der Waals surface area contributed by atoms with Gasteiger partial charge in [0.05, 0.1) is 5.69 Å². The van der Waals surface area contributed by atoms with Gasteiger partial charge in [0.15, 0.2) is 0 Å². The van der Waals surface area contributed by atoms with Crippen molar-refractivity contribution in [3.8, 4) is 0 Å². The van der Waals surface area contributed by atoms with E-state index in [0.717, 1.165) is 11.6 Å². The third kappa shape index (κ3) is 3.67. The highest BCUT2D eigenvalue weighted by Crippen LogP contribution is 2.55. The second-order valence-corrected chi connectivity index (χ2v) is 8.08. The Bertz CT molecular complexity index is 1170. The molecule has 1 aliphatic heterocycles. The third-order valence-corrected chi connectivity index (χ3v) is 5.89. The van der Waals surface area contributed by atoms with Gasteiger partial charge in [-0.3, -0.25) is 14.7 Å². The van der Waals surface area contributed by atoms with Crippen LogP contribution >= 0.6 is 0 Å². The van der Waals surface area contributed by atoms with Gasteiger partial charge in [-0.15, -0.1) is 5.10 Å². The van der Waals surface area contributed by atoms with E-state index in [1.807, 2.05) is 30.3 Å². The molecule has 0 saturated heterocycles. The van der Waals surface area contributed by atoms with Crippen LogP contribution in [0.2, 0.25) is 0 Å². The molecule has 2 aromatic carbocycles. The second kappa shape index (κ2) is 7.26. The summed E-state index contributed by atoms with van der Waals surface area (Å²) in [6.45, 7) is 0. The molecule has 1 saturated carbocycles. The van der Waals surface area contributed by atoms with Gasteiger partial charge in [-0.1, -0.05) is 30.3 Å². The van der Waals surface area contributed by atoms with E-state index in [1.165, 1.54) is 6.07 Å². The minimum absolute atomic E-state index is 0.0105. The Hall–Kier alpha value is -3.62. The number of rotatable bonds is 4. The number of amides is 2. The van der Waals surface area contributed by atoms with Crippen LogP contribution in [0.3, 0.4) is 0 Å². The van der Waals surface area contributed by atoms with Gasteiger partial charge in [0.2, 0.25) is 11.7 Å². The predicted octanol–water partition coefficient (Wildman–Crippen LogP) is 2.85. The maximum absolute atomic E-state index is 14.3. The van der Waals surface area contributed by atoms with Crippen molar-refractivity contribution in [3.05, 3.63) is 76.9 Å². The molecule has 0 unspecified atom stereocenters. The first kappa shape index (κ1) is 19.3. The van der Waals surface area contributed by atoms with Gasteiger partial charge >= 0.3 is 0 Å². The lowest BCUT2D eigenvalue weighted by Crippen LogP contribution is -2.44. The summed E-state index contributed by atoms with van der Waals surface area (Å²) in [4.78, 5) is 29.6. The highest BCUT2D eigenvalue weighted by atomic mass is 19.1. The second-order valence-electron chi connectivity index (χ2n) is 8.08. The van der Waals surface area contributed by atoms with Gasteiger partial charge in [0.25, 0.3) is 5.91 Å². The molecule has 1 aliphatic carbocycles. The largest absolute Gasteiger partial charge is 0.337 e. The van der Waals surface area contributed by atoms with Crippen LogP contribution in [0.4, 0.5) is 14.5 Å². The SMILES string of the molecule is O=C(N[C@H]1CC2(CC2)c2cc(F)cc(F)c2NC1=O)c1n[nH]c(Cc2ccccc2)n1. The zero-order valence-electron chi connectivity index (χ0n) is 16.4. The van der Waals surface area contributed by atoms with E-state index in [4.69, 9.17) is 0 Å². The Labute approximate surface area is 176 Å². The topological polar surface area (TPSA) is 99.8 Å². The number of nitrogens with zero attached hydrogens (tertiary/aromatic N) is 2. The maximum Gasteiger partial charge on any atom is 0.291 e. The number of halogens is 2. The zero-order valence-corrected chi connectivity index (χ0v) is 16.4. The van der Waals surface area contributed by atoms with E-state index in [1.54, 1.807) is 0 Å². The number of fused-ring (bicyclic) bond motifs is 2. The van der Waals surface area contributed by atoms with Crippen LogP contribution in [-0.2, 0) is 16.6 Å². The molecule has 31 heavy (non-hydrogen) atoms. The molecular formula is C22H19F2N5O2. The minimum Gasteiger partial charge on any atom is -0.337 e. The van der Waals surface area contributed by atoms with Gasteiger partial charge in [0, 0.05) is 17.9 Å². The van der Waals surface area contributed by atoms with Crippen molar-refractivity contribution >= 4 is 17.5 Å². The molecule has 2 amide bonds. The molecule has 0 radical (unpaired) electrons. The molecule has 9 heteroatoms. The quantitative estimate of drug-likeness (QED) is 0.601. The van der Waals surface area contributed by atoms with Crippen LogP contribution in [-0.4, -0.2) is 33.0 Å². The van der Waals surface area contributed by atoms with Gasteiger partial charge in [-0.2, -0.15) is 0 Å². The number of aromatic nitrogens is 3. The molecule has 7 nitrogen and oxygen atoms in total. The molecule has 3 aromatic rings. The van der Waals surface area contributed by atoms with Crippen LogP contribution in [0.1, 0.15) is 46.8 Å². The summed E-state index contributed by atoms with van der Waals surface area (Å²) in [5, 5.41) is 11.9. The van der Waals surface area contributed by atoms with Crippen molar-refractivity contribution in [2.24, 2.45) is 0 Å². The lowest BCUT2D eigenvalue weighted by Gasteiger charge is -2.19. The molecule has 1 spiro atoms. The van der Waals surface area contributed by atoms with E-state index in [-0.39, 0.29) is 17.9 Å². The number of carbonyl (C=O) groups is 2. The summed E-state index contributed by atoms with van der Waals surface area (Å²) in [5.41, 5.74) is 0.908. The first-order valence-corrected chi connectivity index (χ1v) is 10.00. The van der Waals surface area contributed by atoms with E-state index >= 15 is 0 Å². The van der Waals surface area contributed by atoms with Crippen molar-refractivity contribution in [3.63, 3.8) is 0 Å². The number of carbonyl (C=O) groups excluding carboxylic acids is 2. The Morgan fingerprint density at radius 3 is 2.71 bits per heavy atom. The molecule has 1 aromatic heterocycles. The predicted molar refractivity (Wildman–Crippen MR) is 107 cm³/mol. The summed E-state index contributed by atoms with van der Waals surface area (Å²) >= 11 is 0. The molecule has 158 valence electrons. The van der Waals surface area contributed by atoms with E-state index in [2.05, 4.69) is 25.8 Å². The van der Waals surface area contributed by atoms with Gasteiger partial charge in [-0.05, 0) is 36.5 Å². The minimum atomic E-state index is -0.916.